The Labute approximate surface area is 106 Å². The highest BCUT2D eigenvalue weighted by Crippen LogP contribution is 2.18. The lowest BCUT2D eigenvalue weighted by Gasteiger charge is -2.13. The first-order chi connectivity index (χ1) is 8.63. The van der Waals surface area contributed by atoms with Crippen LogP contribution in [0.4, 0.5) is 0 Å². The maximum absolute atomic E-state index is 11.2. The summed E-state index contributed by atoms with van der Waals surface area (Å²) in [7, 11) is 3.62. The molecule has 2 N–H and O–H groups in total. The molecule has 0 aliphatic rings. The van der Waals surface area contributed by atoms with Gasteiger partial charge in [-0.3, -0.25) is 10.1 Å². The Hall–Kier alpha value is -1.88. The van der Waals surface area contributed by atoms with Gasteiger partial charge >= 0.3 is 0 Å². The lowest BCUT2D eigenvalue weighted by Crippen LogP contribution is -2.33. The second-order valence-electron chi connectivity index (χ2n) is 4.29. The molecule has 1 heterocycles. The Balaban J connectivity index is 2.20. The molecular weight excluding hydrogens is 228 g/mol. The summed E-state index contributed by atoms with van der Waals surface area (Å²) in [6.45, 7) is 2.30. The van der Waals surface area contributed by atoms with Crippen molar-refractivity contribution in [2.75, 3.05) is 13.6 Å². The molecule has 0 bridgehead atoms. The van der Waals surface area contributed by atoms with E-state index in [2.05, 4.69) is 20.2 Å². The SMILES string of the molecule is CNC(=O)CNC(C)c1nc2ccccc2n1C. The van der Waals surface area contributed by atoms with Gasteiger partial charge in [0.05, 0.1) is 23.6 Å². The second kappa shape index (κ2) is 5.18. The number of carbonyl (C=O) groups excluding carboxylic acids is 1. The summed E-state index contributed by atoms with van der Waals surface area (Å²) in [5, 5.41) is 5.74. The molecule has 0 spiro atoms. The minimum atomic E-state index is -0.0272. The minimum Gasteiger partial charge on any atom is -0.358 e. The summed E-state index contributed by atoms with van der Waals surface area (Å²) in [5.41, 5.74) is 2.07. The predicted octanol–water partition coefficient (Wildman–Crippen LogP) is 0.970. The van der Waals surface area contributed by atoms with E-state index in [1.807, 2.05) is 38.2 Å². The van der Waals surface area contributed by atoms with Crippen LogP contribution in [0.2, 0.25) is 0 Å². The predicted molar refractivity (Wildman–Crippen MR) is 71.2 cm³/mol. The highest BCUT2D eigenvalue weighted by atomic mass is 16.1. The van der Waals surface area contributed by atoms with Crippen molar-refractivity contribution in [1.82, 2.24) is 20.2 Å². The topological polar surface area (TPSA) is 59.0 Å². The Morgan fingerprint density at radius 3 is 2.83 bits per heavy atom. The number of nitrogens with one attached hydrogen (secondary N) is 2. The van der Waals surface area contributed by atoms with E-state index in [1.54, 1.807) is 7.05 Å². The van der Waals surface area contributed by atoms with Crippen molar-refractivity contribution in [2.24, 2.45) is 7.05 Å². The van der Waals surface area contributed by atoms with Gasteiger partial charge in [-0.1, -0.05) is 12.1 Å². The lowest BCUT2D eigenvalue weighted by molar-refractivity contribution is -0.119. The zero-order valence-electron chi connectivity index (χ0n) is 10.9. The summed E-state index contributed by atoms with van der Waals surface area (Å²) >= 11 is 0. The molecule has 18 heavy (non-hydrogen) atoms. The molecule has 1 amide bonds. The number of aryl methyl sites for hydroxylation is 1. The molecule has 96 valence electrons. The van der Waals surface area contributed by atoms with Gasteiger partial charge in [0.15, 0.2) is 0 Å². The van der Waals surface area contributed by atoms with Crippen LogP contribution in [-0.4, -0.2) is 29.1 Å². The van der Waals surface area contributed by atoms with Crippen molar-refractivity contribution in [3.8, 4) is 0 Å². The van der Waals surface area contributed by atoms with E-state index in [4.69, 9.17) is 0 Å². The van der Waals surface area contributed by atoms with E-state index >= 15 is 0 Å². The van der Waals surface area contributed by atoms with Crippen LogP contribution in [0.5, 0.6) is 0 Å². The molecule has 5 nitrogen and oxygen atoms in total. The van der Waals surface area contributed by atoms with Crippen LogP contribution in [0.15, 0.2) is 24.3 Å². The van der Waals surface area contributed by atoms with Crippen molar-refractivity contribution < 1.29 is 4.79 Å². The molecule has 0 aliphatic heterocycles. The van der Waals surface area contributed by atoms with E-state index < -0.39 is 0 Å². The first kappa shape index (κ1) is 12.6. The van der Waals surface area contributed by atoms with Gasteiger partial charge in [-0.2, -0.15) is 0 Å². The molecule has 1 aromatic heterocycles. The number of hydrogen-bond acceptors (Lipinski definition) is 3. The third-order valence-electron chi connectivity index (χ3n) is 3.06. The number of para-hydroxylation sites is 2. The summed E-state index contributed by atoms with van der Waals surface area (Å²) < 4.78 is 2.05. The first-order valence-corrected chi connectivity index (χ1v) is 5.98. The molecule has 1 unspecified atom stereocenters. The molecular formula is C13H18N4O. The highest BCUT2D eigenvalue weighted by molar-refractivity contribution is 5.78. The number of likely N-dealkylation sites (N-methyl/N-ethyl adjacent to an activating group) is 1. The number of imidazole rings is 1. The van der Waals surface area contributed by atoms with Crippen LogP contribution < -0.4 is 10.6 Å². The monoisotopic (exact) mass is 246 g/mol. The first-order valence-electron chi connectivity index (χ1n) is 5.98. The average Bonchev–Trinajstić information content (AvgIpc) is 2.73. The van der Waals surface area contributed by atoms with Crippen molar-refractivity contribution in [1.29, 1.82) is 0 Å². The number of nitrogens with zero attached hydrogens (tertiary/aromatic N) is 2. The number of rotatable bonds is 4. The van der Waals surface area contributed by atoms with E-state index in [1.165, 1.54) is 0 Å². The quantitative estimate of drug-likeness (QED) is 0.845. The summed E-state index contributed by atoms with van der Waals surface area (Å²) in [4.78, 5) is 15.8. The van der Waals surface area contributed by atoms with Crippen LogP contribution in [0.25, 0.3) is 11.0 Å². The van der Waals surface area contributed by atoms with Crippen molar-refractivity contribution >= 4 is 16.9 Å². The fourth-order valence-electron chi connectivity index (χ4n) is 1.98. The van der Waals surface area contributed by atoms with E-state index in [0.29, 0.717) is 6.54 Å². The van der Waals surface area contributed by atoms with E-state index in [9.17, 15) is 4.79 Å². The van der Waals surface area contributed by atoms with E-state index in [-0.39, 0.29) is 11.9 Å². The van der Waals surface area contributed by atoms with Crippen LogP contribution >= 0.6 is 0 Å². The van der Waals surface area contributed by atoms with E-state index in [0.717, 1.165) is 16.9 Å². The standard InChI is InChI=1S/C13H18N4O/c1-9(15-8-12(18)14-2)13-16-10-6-4-5-7-11(10)17(13)3/h4-7,9,15H,8H2,1-3H3,(H,14,18). The van der Waals surface area contributed by atoms with Gasteiger partial charge in [-0.05, 0) is 19.1 Å². The average molecular weight is 246 g/mol. The molecule has 1 atom stereocenters. The van der Waals surface area contributed by atoms with Crippen molar-refractivity contribution in [3.63, 3.8) is 0 Å². The Morgan fingerprint density at radius 2 is 2.17 bits per heavy atom. The van der Waals surface area contributed by atoms with Crippen LogP contribution in [0.3, 0.4) is 0 Å². The fourth-order valence-corrected chi connectivity index (χ4v) is 1.98. The number of fused-ring (bicyclic) bond motifs is 1. The minimum absolute atomic E-state index is 0.0272. The zero-order valence-corrected chi connectivity index (χ0v) is 10.9. The van der Waals surface area contributed by atoms with Crippen LogP contribution in [-0.2, 0) is 11.8 Å². The molecule has 0 radical (unpaired) electrons. The highest BCUT2D eigenvalue weighted by Gasteiger charge is 2.14. The van der Waals surface area contributed by atoms with Crippen LogP contribution in [0.1, 0.15) is 18.8 Å². The Morgan fingerprint density at radius 1 is 1.44 bits per heavy atom. The number of amides is 1. The van der Waals surface area contributed by atoms with Crippen molar-refractivity contribution in [3.05, 3.63) is 30.1 Å². The van der Waals surface area contributed by atoms with Gasteiger partial charge in [-0.15, -0.1) is 0 Å². The molecule has 5 heteroatoms. The summed E-state index contributed by atoms with van der Waals surface area (Å²) in [5.74, 6) is 0.903. The molecule has 0 fully saturated rings. The lowest BCUT2D eigenvalue weighted by atomic mass is 10.3. The number of aromatic nitrogens is 2. The van der Waals surface area contributed by atoms with Crippen molar-refractivity contribution in [2.45, 2.75) is 13.0 Å². The molecule has 1 aromatic carbocycles. The summed E-state index contributed by atoms with van der Waals surface area (Å²) in [6, 6.07) is 8.03. The molecule has 2 aromatic rings. The van der Waals surface area contributed by atoms with Crippen LogP contribution in [0, 0.1) is 0 Å². The number of carbonyl (C=O) groups is 1. The molecule has 0 saturated carbocycles. The number of benzene rings is 1. The van der Waals surface area contributed by atoms with Gasteiger partial charge in [0.1, 0.15) is 5.82 Å². The smallest absolute Gasteiger partial charge is 0.233 e. The molecule has 2 rings (SSSR count). The summed E-state index contributed by atoms with van der Waals surface area (Å²) in [6.07, 6.45) is 0. The van der Waals surface area contributed by atoms with Gasteiger partial charge in [0.2, 0.25) is 5.91 Å². The fraction of sp³-hybridized carbons (Fsp3) is 0.385. The zero-order chi connectivity index (χ0) is 13.1. The Kier molecular flexibility index (Phi) is 3.62. The third kappa shape index (κ3) is 2.36. The maximum Gasteiger partial charge on any atom is 0.233 e. The van der Waals surface area contributed by atoms with Gasteiger partial charge in [0.25, 0.3) is 0 Å². The largest absolute Gasteiger partial charge is 0.358 e. The third-order valence-corrected chi connectivity index (χ3v) is 3.06. The normalized spacial score (nSPS) is 12.6. The van der Waals surface area contributed by atoms with Gasteiger partial charge < -0.3 is 9.88 Å². The Bertz CT molecular complexity index is 561. The molecule has 0 aliphatic carbocycles. The van der Waals surface area contributed by atoms with Gasteiger partial charge in [0, 0.05) is 14.1 Å². The van der Waals surface area contributed by atoms with Gasteiger partial charge in [-0.25, -0.2) is 4.98 Å². The molecule has 0 saturated heterocycles. The maximum atomic E-state index is 11.2. The second-order valence-corrected chi connectivity index (χ2v) is 4.29. The number of hydrogen-bond donors (Lipinski definition) is 2.